The molecule has 0 aliphatic carbocycles. The van der Waals surface area contributed by atoms with E-state index in [2.05, 4.69) is 16.9 Å². The molecule has 1 amide bonds. The lowest BCUT2D eigenvalue weighted by molar-refractivity contribution is 0.0676. The molecule has 2 rings (SSSR count). The summed E-state index contributed by atoms with van der Waals surface area (Å²) in [5.74, 6) is 1.00. The molecule has 1 atom stereocenters. The van der Waals surface area contributed by atoms with Gasteiger partial charge in [0.05, 0.1) is 6.61 Å². The minimum absolute atomic E-state index is 0.0232. The zero-order valence-electron chi connectivity index (χ0n) is 10.9. The largest absolute Gasteiger partial charge is 0.478 e. The molecule has 18 heavy (non-hydrogen) atoms. The van der Waals surface area contributed by atoms with E-state index in [0.29, 0.717) is 24.1 Å². The van der Waals surface area contributed by atoms with E-state index in [1.807, 2.05) is 11.8 Å². The van der Waals surface area contributed by atoms with Crippen molar-refractivity contribution in [2.75, 3.05) is 19.7 Å². The van der Waals surface area contributed by atoms with Gasteiger partial charge >= 0.3 is 0 Å². The van der Waals surface area contributed by atoms with E-state index < -0.39 is 0 Å². The molecule has 2 heterocycles. The third-order valence-corrected chi connectivity index (χ3v) is 3.10. The number of carbonyl (C=O) groups is 1. The van der Waals surface area contributed by atoms with Gasteiger partial charge in [0.15, 0.2) is 0 Å². The lowest BCUT2D eigenvalue weighted by atomic mass is 10.00. The molecule has 98 valence electrons. The summed E-state index contributed by atoms with van der Waals surface area (Å²) in [7, 11) is 0. The van der Waals surface area contributed by atoms with Crippen LogP contribution in [0, 0.1) is 5.92 Å². The maximum atomic E-state index is 12.3. The van der Waals surface area contributed by atoms with Crippen molar-refractivity contribution in [2.24, 2.45) is 5.92 Å². The maximum Gasteiger partial charge on any atom is 0.272 e. The average molecular weight is 249 g/mol. The molecule has 0 aromatic carbocycles. The Morgan fingerprint density at radius 3 is 3.11 bits per heavy atom. The van der Waals surface area contributed by atoms with Crippen LogP contribution in [0.15, 0.2) is 12.4 Å². The maximum absolute atomic E-state index is 12.3. The SMILES string of the molecule is CCOc1cc(C(=O)N2CCCC(C)C2)ncn1. The van der Waals surface area contributed by atoms with Crippen LogP contribution in [-0.2, 0) is 0 Å². The van der Waals surface area contributed by atoms with Crippen LogP contribution < -0.4 is 4.74 Å². The molecule has 1 aromatic rings. The third kappa shape index (κ3) is 2.97. The summed E-state index contributed by atoms with van der Waals surface area (Å²) in [6, 6.07) is 1.62. The number of likely N-dealkylation sites (tertiary alicyclic amines) is 1. The van der Waals surface area contributed by atoms with Gasteiger partial charge in [-0.15, -0.1) is 0 Å². The monoisotopic (exact) mass is 249 g/mol. The van der Waals surface area contributed by atoms with E-state index in [0.717, 1.165) is 19.5 Å². The quantitative estimate of drug-likeness (QED) is 0.819. The molecule has 0 N–H and O–H groups in total. The van der Waals surface area contributed by atoms with E-state index in [9.17, 15) is 4.79 Å². The zero-order chi connectivity index (χ0) is 13.0. The predicted octanol–water partition coefficient (Wildman–Crippen LogP) is 1.75. The molecule has 1 saturated heterocycles. The fraction of sp³-hybridized carbons (Fsp3) is 0.615. The van der Waals surface area contributed by atoms with Crippen molar-refractivity contribution in [1.29, 1.82) is 0 Å². The van der Waals surface area contributed by atoms with Gasteiger partial charge in [-0.2, -0.15) is 0 Å². The van der Waals surface area contributed by atoms with Gasteiger partial charge in [-0.1, -0.05) is 6.92 Å². The molecule has 1 aliphatic heterocycles. The second-order valence-corrected chi connectivity index (χ2v) is 4.67. The van der Waals surface area contributed by atoms with Gasteiger partial charge in [-0.3, -0.25) is 4.79 Å². The van der Waals surface area contributed by atoms with Crippen LogP contribution in [0.3, 0.4) is 0 Å². The van der Waals surface area contributed by atoms with E-state index in [4.69, 9.17) is 4.74 Å². The highest BCUT2D eigenvalue weighted by molar-refractivity contribution is 5.92. The van der Waals surface area contributed by atoms with Crippen LogP contribution in [0.5, 0.6) is 5.88 Å². The van der Waals surface area contributed by atoms with E-state index in [-0.39, 0.29) is 5.91 Å². The smallest absolute Gasteiger partial charge is 0.272 e. The molecule has 0 radical (unpaired) electrons. The third-order valence-electron chi connectivity index (χ3n) is 3.10. The first-order valence-corrected chi connectivity index (χ1v) is 6.44. The first kappa shape index (κ1) is 12.8. The molecule has 0 saturated carbocycles. The van der Waals surface area contributed by atoms with Crippen LogP contribution in [0.2, 0.25) is 0 Å². The highest BCUT2D eigenvalue weighted by Crippen LogP contribution is 2.18. The summed E-state index contributed by atoms with van der Waals surface area (Å²) in [6.07, 6.45) is 3.64. The van der Waals surface area contributed by atoms with Gasteiger partial charge in [-0.25, -0.2) is 9.97 Å². The summed E-state index contributed by atoms with van der Waals surface area (Å²) in [5, 5.41) is 0. The minimum Gasteiger partial charge on any atom is -0.478 e. The lowest BCUT2D eigenvalue weighted by Gasteiger charge is -2.30. The number of amides is 1. The predicted molar refractivity (Wildman–Crippen MR) is 67.5 cm³/mol. The highest BCUT2D eigenvalue weighted by atomic mass is 16.5. The number of nitrogens with zero attached hydrogens (tertiary/aromatic N) is 3. The summed E-state index contributed by atoms with van der Waals surface area (Å²) in [6.45, 7) is 6.22. The summed E-state index contributed by atoms with van der Waals surface area (Å²) < 4.78 is 5.28. The Labute approximate surface area is 107 Å². The Morgan fingerprint density at radius 2 is 2.39 bits per heavy atom. The van der Waals surface area contributed by atoms with Gasteiger partial charge in [0.1, 0.15) is 12.0 Å². The standard InChI is InChI=1S/C13H19N3O2/c1-3-18-12-7-11(14-9-15-12)13(17)16-6-4-5-10(2)8-16/h7,9-10H,3-6,8H2,1-2H3. The normalized spacial score (nSPS) is 19.7. The van der Waals surface area contributed by atoms with Gasteiger partial charge < -0.3 is 9.64 Å². The van der Waals surface area contributed by atoms with Crippen molar-refractivity contribution in [1.82, 2.24) is 14.9 Å². The number of hydrogen-bond acceptors (Lipinski definition) is 4. The summed E-state index contributed by atoms with van der Waals surface area (Å²) in [5.41, 5.74) is 0.419. The molecule has 0 bridgehead atoms. The first-order valence-electron chi connectivity index (χ1n) is 6.44. The molecule has 5 heteroatoms. The van der Waals surface area contributed by atoms with Gasteiger partial charge in [0.2, 0.25) is 5.88 Å². The topological polar surface area (TPSA) is 55.3 Å². The molecule has 1 fully saturated rings. The van der Waals surface area contributed by atoms with Crippen molar-refractivity contribution in [3.63, 3.8) is 0 Å². The fourth-order valence-electron chi connectivity index (χ4n) is 2.22. The second-order valence-electron chi connectivity index (χ2n) is 4.67. The number of aromatic nitrogens is 2. The Hall–Kier alpha value is -1.65. The van der Waals surface area contributed by atoms with E-state index >= 15 is 0 Å². The van der Waals surface area contributed by atoms with E-state index in [1.54, 1.807) is 6.07 Å². The fourth-order valence-corrected chi connectivity index (χ4v) is 2.22. The molecule has 0 spiro atoms. The first-order chi connectivity index (χ1) is 8.70. The number of rotatable bonds is 3. The molecular formula is C13H19N3O2. The summed E-state index contributed by atoms with van der Waals surface area (Å²) in [4.78, 5) is 22.2. The van der Waals surface area contributed by atoms with Crippen molar-refractivity contribution < 1.29 is 9.53 Å². The number of hydrogen-bond donors (Lipinski definition) is 0. The van der Waals surface area contributed by atoms with Crippen molar-refractivity contribution in [2.45, 2.75) is 26.7 Å². The van der Waals surface area contributed by atoms with Crippen LogP contribution in [0.4, 0.5) is 0 Å². The second kappa shape index (κ2) is 5.80. The van der Waals surface area contributed by atoms with Crippen LogP contribution in [0.25, 0.3) is 0 Å². The van der Waals surface area contributed by atoms with Crippen molar-refractivity contribution in [3.8, 4) is 5.88 Å². The lowest BCUT2D eigenvalue weighted by Crippen LogP contribution is -2.39. The average Bonchev–Trinajstić information content (AvgIpc) is 2.39. The molecule has 1 aliphatic rings. The molecule has 1 aromatic heterocycles. The highest BCUT2D eigenvalue weighted by Gasteiger charge is 2.23. The zero-order valence-corrected chi connectivity index (χ0v) is 10.9. The van der Waals surface area contributed by atoms with Crippen LogP contribution in [0.1, 0.15) is 37.2 Å². The molecular weight excluding hydrogens is 230 g/mol. The number of ether oxygens (including phenoxy) is 1. The Bertz CT molecular complexity index is 422. The minimum atomic E-state index is -0.0232. The van der Waals surface area contributed by atoms with Crippen LogP contribution >= 0.6 is 0 Å². The Morgan fingerprint density at radius 1 is 1.56 bits per heavy atom. The number of carbonyl (C=O) groups excluding carboxylic acids is 1. The Balaban J connectivity index is 2.10. The van der Waals surface area contributed by atoms with Crippen molar-refractivity contribution in [3.05, 3.63) is 18.1 Å². The van der Waals surface area contributed by atoms with Crippen molar-refractivity contribution >= 4 is 5.91 Å². The van der Waals surface area contributed by atoms with Gasteiger partial charge in [-0.05, 0) is 25.7 Å². The van der Waals surface area contributed by atoms with Gasteiger partial charge in [0, 0.05) is 19.2 Å². The summed E-state index contributed by atoms with van der Waals surface area (Å²) >= 11 is 0. The number of piperidine rings is 1. The van der Waals surface area contributed by atoms with E-state index in [1.165, 1.54) is 12.7 Å². The Kier molecular flexibility index (Phi) is 4.12. The molecule has 5 nitrogen and oxygen atoms in total. The van der Waals surface area contributed by atoms with Gasteiger partial charge in [0.25, 0.3) is 5.91 Å². The van der Waals surface area contributed by atoms with Crippen LogP contribution in [-0.4, -0.2) is 40.5 Å². The molecule has 1 unspecified atom stereocenters.